The lowest BCUT2D eigenvalue weighted by molar-refractivity contribution is -0.122. The van der Waals surface area contributed by atoms with Gasteiger partial charge in [-0.1, -0.05) is 35.0 Å². The molecule has 1 atom stereocenters. The van der Waals surface area contributed by atoms with E-state index < -0.39 is 0 Å². The Morgan fingerprint density at radius 2 is 1.83 bits per heavy atom. The summed E-state index contributed by atoms with van der Waals surface area (Å²) in [7, 11) is 0. The van der Waals surface area contributed by atoms with Gasteiger partial charge in [0.1, 0.15) is 0 Å². The van der Waals surface area contributed by atoms with Gasteiger partial charge < -0.3 is 10.2 Å². The number of benzene rings is 2. The first-order valence-corrected chi connectivity index (χ1v) is 8.82. The van der Waals surface area contributed by atoms with Crippen molar-refractivity contribution in [2.45, 2.75) is 19.8 Å². The first kappa shape index (κ1) is 16.7. The third-order valence-corrected chi connectivity index (χ3v) is 4.79. The summed E-state index contributed by atoms with van der Waals surface area (Å²) in [4.78, 5) is 26.4. The molecule has 5 heteroatoms. The first-order chi connectivity index (χ1) is 11.6. The van der Waals surface area contributed by atoms with Crippen molar-refractivity contribution in [1.82, 2.24) is 0 Å². The summed E-state index contributed by atoms with van der Waals surface area (Å²) in [6.07, 6.45) is 1.21. The van der Waals surface area contributed by atoms with Crippen LogP contribution in [0.3, 0.4) is 0 Å². The highest BCUT2D eigenvalue weighted by Crippen LogP contribution is 2.27. The Bertz CT molecular complexity index is 741. The molecule has 1 saturated heterocycles. The zero-order valence-electron chi connectivity index (χ0n) is 13.5. The number of carbonyl (C=O) groups is 2. The fraction of sp³-hybridized carbons (Fsp3) is 0.263. The van der Waals surface area contributed by atoms with Gasteiger partial charge in [0.2, 0.25) is 11.8 Å². The maximum Gasteiger partial charge on any atom is 0.229 e. The van der Waals surface area contributed by atoms with Gasteiger partial charge in [0.25, 0.3) is 0 Å². The van der Waals surface area contributed by atoms with Crippen LogP contribution in [0.1, 0.15) is 18.9 Å². The van der Waals surface area contributed by atoms with Crippen LogP contribution in [0, 0.1) is 5.92 Å². The van der Waals surface area contributed by atoms with Crippen molar-refractivity contribution in [3.05, 3.63) is 58.6 Å². The van der Waals surface area contributed by atoms with Gasteiger partial charge in [-0.15, -0.1) is 0 Å². The van der Waals surface area contributed by atoms with E-state index in [0.717, 1.165) is 22.3 Å². The minimum atomic E-state index is -0.327. The summed E-state index contributed by atoms with van der Waals surface area (Å²) in [6.45, 7) is 2.51. The zero-order valence-corrected chi connectivity index (χ0v) is 15.0. The van der Waals surface area contributed by atoms with Crippen LogP contribution < -0.4 is 10.2 Å². The Labute approximate surface area is 150 Å². The predicted molar refractivity (Wildman–Crippen MR) is 99.1 cm³/mol. The summed E-state index contributed by atoms with van der Waals surface area (Å²) in [5.74, 6) is -0.446. The minimum Gasteiger partial charge on any atom is -0.326 e. The van der Waals surface area contributed by atoms with Crippen molar-refractivity contribution >= 4 is 39.1 Å². The van der Waals surface area contributed by atoms with E-state index in [9.17, 15) is 9.59 Å². The maximum absolute atomic E-state index is 12.4. The molecule has 3 rings (SSSR count). The maximum atomic E-state index is 12.4. The standard InChI is InChI=1S/C19H19BrN2O2/c1-2-13-3-7-16(8-4-13)21-19(24)14-11-18(23)22(12-14)17-9-5-15(20)6-10-17/h3-10,14H,2,11-12H2,1H3,(H,21,24)/t14-/m1/s1. The number of halogens is 1. The highest BCUT2D eigenvalue weighted by molar-refractivity contribution is 9.10. The fourth-order valence-corrected chi connectivity index (χ4v) is 3.09. The molecule has 2 amide bonds. The van der Waals surface area contributed by atoms with Gasteiger partial charge in [0, 0.05) is 28.8 Å². The molecule has 0 aliphatic carbocycles. The van der Waals surface area contributed by atoms with Gasteiger partial charge in [0.05, 0.1) is 5.92 Å². The summed E-state index contributed by atoms with van der Waals surface area (Å²) in [5.41, 5.74) is 2.82. The molecule has 1 heterocycles. The molecule has 0 bridgehead atoms. The Balaban J connectivity index is 1.66. The van der Waals surface area contributed by atoms with Crippen molar-refractivity contribution in [3.63, 3.8) is 0 Å². The zero-order chi connectivity index (χ0) is 17.1. The van der Waals surface area contributed by atoms with E-state index in [1.807, 2.05) is 48.5 Å². The predicted octanol–water partition coefficient (Wildman–Crippen LogP) is 4.00. The fourth-order valence-electron chi connectivity index (χ4n) is 2.82. The smallest absolute Gasteiger partial charge is 0.229 e. The number of hydrogen-bond acceptors (Lipinski definition) is 2. The van der Waals surface area contributed by atoms with Crippen molar-refractivity contribution in [2.24, 2.45) is 5.92 Å². The lowest BCUT2D eigenvalue weighted by Gasteiger charge is -2.17. The van der Waals surface area contributed by atoms with Crippen molar-refractivity contribution < 1.29 is 9.59 Å². The molecule has 124 valence electrons. The second-order valence-electron chi connectivity index (χ2n) is 5.92. The number of nitrogens with zero attached hydrogens (tertiary/aromatic N) is 1. The molecular formula is C19H19BrN2O2. The molecule has 1 fully saturated rings. The van der Waals surface area contributed by atoms with Crippen LogP contribution in [0.25, 0.3) is 0 Å². The highest BCUT2D eigenvalue weighted by atomic mass is 79.9. The normalized spacial score (nSPS) is 17.2. The minimum absolute atomic E-state index is 0.0150. The Morgan fingerprint density at radius 3 is 2.46 bits per heavy atom. The van der Waals surface area contributed by atoms with E-state index in [-0.39, 0.29) is 24.2 Å². The lowest BCUT2D eigenvalue weighted by atomic mass is 10.1. The van der Waals surface area contributed by atoms with E-state index in [0.29, 0.717) is 6.54 Å². The number of anilines is 2. The quantitative estimate of drug-likeness (QED) is 0.862. The van der Waals surface area contributed by atoms with Gasteiger partial charge in [-0.2, -0.15) is 0 Å². The van der Waals surface area contributed by atoms with Gasteiger partial charge in [-0.3, -0.25) is 9.59 Å². The molecule has 1 aliphatic rings. The van der Waals surface area contributed by atoms with Crippen molar-refractivity contribution in [1.29, 1.82) is 0 Å². The van der Waals surface area contributed by atoms with Crippen LogP contribution in [-0.2, 0) is 16.0 Å². The third kappa shape index (κ3) is 3.67. The van der Waals surface area contributed by atoms with E-state index in [1.165, 1.54) is 5.56 Å². The van der Waals surface area contributed by atoms with E-state index >= 15 is 0 Å². The second kappa shape index (κ2) is 7.18. The molecule has 1 aliphatic heterocycles. The van der Waals surface area contributed by atoms with Crippen LogP contribution in [0.15, 0.2) is 53.0 Å². The van der Waals surface area contributed by atoms with E-state index in [4.69, 9.17) is 0 Å². The number of nitrogens with one attached hydrogen (secondary N) is 1. The van der Waals surface area contributed by atoms with E-state index in [1.54, 1.807) is 4.90 Å². The van der Waals surface area contributed by atoms with Crippen LogP contribution in [0.5, 0.6) is 0 Å². The average Bonchev–Trinajstić information content (AvgIpc) is 2.98. The number of rotatable bonds is 4. The Hall–Kier alpha value is -2.14. The van der Waals surface area contributed by atoms with Crippen LogP contribution in [0.4, 0.5) is 11.4 Å². The second-order valence-corrected chi connectivity index (χ2v) is 6.84. The lowest BCUT2D eigenvalue weighted by Crippen LogP contribution is -2.28. The van der Waals surface area contributed by atoms with E-state index in [2.05, 4.69) is 28.2 Å². The van der Waals surface area contributed by atoms with Gasteiger partial charge in [-0.05, 0) is 48.4 Å². The number of aryl methyl sites for hydroxylation is 1. The molecule has 2 aromatic carbocycles. The molecule has 0 aromatic heterocycles. The van der Waals surface area contributed by atoms with Crippen LogP contribution in [0.2, 0.25) is 0 Å². The Kier molecular flexibility index (Phi) is 5.00. The largest absolute Gasteiger partial charge is 0.326 e. The summed E-state index contributed by atoms with van der Waals surface area (Å²) >= 11 is 3.38. The SMILES string of the molecule is CCc1ccc(NC(=O)[C@@H]2CC(=O)N(c3ccc(Br)cc3)C2)cc1. The molecule has 0 unspecified atom stereocenters. The van der Waals surface area contributed by atoms with Crippen molar-refractivity contribution in [3.8, 4) is 0 Å². The van der Waals surface area contributed by atoms with Crippen LogP contribution in [-0.4, -0.2) is 18.4 Å². The van der Waals surface area contributed by atoms with Gasteiger partial charge in [-0.25, -0.2) is 0 Å². The monoisotopic (exact) mass is 386 g/mol. The van der Waals surface area contributed by atoms with Crippen LogP contribution >= 0.6 is 15.9 Å². The molecule has 4 nitrogen and oxygen atoms in total. The topological polar surface area (TPSA) is 49.4 Å². The highest BCUT2D eigenvalue weighted by Gasteiger charge is 2.35. The summed E-state index contributed by atoms with van der Waals surface area (Å²) in [6, 6.07) is 15.4. The molecular weight excluding hydrogens is 368 g/mol. The molecule has 0 saturated carbocycles. The first-order valence-electron chi connectivity index (χ1n) is 8.02. The Morgan fingerprint density at radius 1 is 1.17 bits per heavy atom. The molecule has 0 spiro atoms. The molecule has 0 radical (unpaired) electrons. The average molecular weight is 387 g/mol. The number of hydrogen-bond donors (Lipinski definition) is 1. The number of carbonyl (C=O) groups excluding carboxylic acids is 2. The molecule has 2 aromatic rings. The summed E-state index contributed by atoms with van der Waals surface area (Å²) in [5, 5.41) is 2.91. The molecule has 1 N–H and O–H groups in total. The summed E-state index contributed by atoms with van der Waals surface area (Å²) < 4.78 is 0.961. The number of amides is 2. The van der Waals surface area contributed by atoms with Gasteiger partial charge >= 0.3 is 0 Å². The third-order valence-electron chi connectivity index (χ3n) is 4.26. The van der Waals surface area contributed by atoms with Crippen molar-refractivity contribution in [2.75, 3.05) is 16.8 Å². The van der Waals surface area contributed by atoms with Gasteiger partial charge in [0.15, 0.2) is 0 Å². The molecule has 24 heavy (non-hydrogen) atoms.